The van der Waals surface area contributed by atoms with Gasteiger partial charge in [0.1, 0.15) is 5.69 Å². The molecule has 0 radical (unpaired) electrons. The largest absolute Gasteiger partial charge is 0.478 e. The number of halogens is 1. The van der Waals surface area contributed by atoms with Crippen LogP contribution in [0.15, 0.2) is 24.5 Å². The summed E-state index contributed by atoms with van der Waals surface area (Å²) in [6.45, 7) is 3.77. The Hall–Kier alpha value is -2.01. The maximum atomic E-state index is 11.1. The van der Waals surface area contributed by atoms with Gasteiger partial charge in [0.15, 0.2) is 5.82 Å². The Labute approximate surface area is 115 Å². The van der Waals surface area contributed by atoms with E-state index in [0.29, 0.717) is 22.2 Å². The number of hydrogen-bond acceptors (Lipinski definition) is 4. The van der Waals surface area contributed by atoms with E-state index in [1.54, 1.807) is 12.1 Å². The second kappa shape index (κ2) is 5.32. The van der Waals surface area contributed by atoms with Crippen LogP contribution in [0.4, 0.5) is 0 Å². The molecule has 1 N–H and O–H groups in total. The molecule has 98 valence electrons. The molecule has 2 aromatic rings. The average Bonchev–Trinajstić information content (AvgIpc) is 2.38. The van der Waals surface area contributed by atoms with E-state index in [1.165, 1.54) is 12.4 Å². The number of carboxylic acid groups (broad SMARTS) is 1. The van der Waals surface area contributed by atoms with Crippen LogP contribution in [0.2, 0.25) is 5.02 Å². The van der Waals surface area contributed by atoms with Gasteiger partial charge >= 0.3 is 5.97 Å². The van der Waals surface area contributed by atoms with Crippen molar-refractivity contribution in [3.63, 3.8) is 0 Å². The van der Waals surface area contributed by atoms with Crippen molar-refractivity contribution in [3.05, 3.63) is 40.8 Å². The molecule has 0 saturated carbocycles. The molecule has 0 saturated heterocycles. The van der Waals surface area contributed by atoms with Crippen LogP contribution in [0.25, 0.3) is 11.5 Å². The first kappa shape index (κ1) is 13.4. The SMILES string of the molecule is CC(C)c1nc(-c2ccc(Cl)cn2)ncc1C(=O)O. The number of rotatable bonds is 3. The summed E-state index contributed by atoms with van der Waals surface area (Å²) in [5, 5.41) is 9.62. The average molecular weight is 278 g/mol. The number of aromatic carboxylic acids is 1. The zero-order chi connectivity index (χ0) is 14.0. The van der Waals surface area contributed by atoms with Gasteiger partial charge in [-0.1, -0.05) is 25.4 Å². The van der Waals surface area contributed by atoms with Crippen LogP contribution in [0.5, 0.6) is 0 Å². The quantitative estimate of drug-likeness (QED) is 0.933. The van der Waals surface area contributed by atoms with Crippen molar-refractivity contribution in [2.75, 3.05) is 0 Å². The molecule has 0 aliphatic rings. The van der Waals surface area contributed by atoms with Gasteiger partial charge in [0.2, 0.25) is 0 Å². The van der Waals surface area contributed by atoms with Crippen LogP contribution in [0, 0.1) is 0 Å². The maximum absolute atomic E-state index is 11.1. The predicted molar refractivity (Wildman–Crippen MR) is 71.3 cm³/mol. The molecule has 5 nitrogen and oxygen atoms in total. The summed E-state index contributed by atoms with van der Waals surface area (Å²) in [6.07, 6.45) is 2.82. The lowest BCUT2D eigenvalue weighted by atomic mass is 10.1. The highest BCUT2D eigenvalue weighted by molar-refractivity contribution is 6.30. The molecule has 19 heavy (non-hydrogen) atoms. The van der Waals surface area contributed by atoms with E-state index >= 15 is 0 Å². The van der Waals surface area contributed by atoms with Crippen LogP contribution < -0.4 is 0 Å². The Morgan fingerprint density at radius 1 is 1.26 bits per heavy atom. The number of nitrogens with zero attached hydrogens (tertiary/aromatic N) is 3. The first-order valence-corrected chi connectivity index (χ1v) is 6.09. The minimum absolute atomic E-state index is 0.0137. The Morgan fingerprint density at radius 2 is 2.00 bits per heavy atom. The van der Waals surface area contributed by atoms with E-state index in [1.807, 2.05) is 13.8 Å². The van der Waals surface area contributed by atoms with Crippen molar-refractivity contribution >= 4 is 17.6 Å². The molecule has 0 aromatic carbocycles. The number of aromatic nitrogens is 3. The van der Waals surface area contributed by atoms with Gasteiger partial charge in [-0.2, -0.15) is 0 Å². The van der Waals surface area contributed by atoms with Crippen LogP contribution in [-0.4, -0.2) is 26.0 Å². The van der Waals surface area contributed by atoms with Crippen LogP contribution in [-0.2, 0) is 0 Å². The normalized spacial score (nSPS) is 10.7. The highest BCUT2D eigenvalue weighted by Gasteiger charge is 2.17. The third-order valence-corrected chi connectivity index (χ3v) is 2.78. The molecule has 0 amide bonds. The molecule has 6 heteroatoms. The lowest BCUT2D eigenvalue weighted by Crippen LogP contribution is -2.09. The second-order valence-electron chi connectivity index (χ2n) is 4.31. The van der Waals surface area contributed by atoms with Gasteiger partial charge in [-0.25, -0.2) is 14.8 Å². The molecule has 2 aromatic heterocycles. The van der Waals surface area contributed by atoms with E-state index in [4.69, 9.17) is 16.7 Å². The number of carbonyl (C=O) groups is 1. The van der Waals surface area contributed by atoms with E-state index in [2.05, 4.69) is 15.0 Å². The van der Waals surface area contributed by atoms with Crippen LogP contribution in [0.1, 0.15) is 35.8 Å². The third kappa shape index (κ3) is 2.88. The fourth-order valence-corrected chi connectivity index (χ4v) is 1.74. The fourth-order valence-electron chi connectivity index (χ4n) is 1.63. The Morgan fingerprint density at radius 3 is 2.53 bits per heavy atom. The highest BCUT2D eigenvalue weighted by atomic mass is 35.5. The standard InChI is InChI=1S/C13H12ClN3O2/c1-7(2)11-9(13(18)19)6-16-12(17-11)10-4-3-8(14)5-15-10/h3-7H,1-2H3,(H,18,19). The number of pyridine rings is 1. The zero-order valence-electron chi connectivity index (χ0n) is 10.5. The Balaban J connectivity index is 2.52. The van der Waals surface area contributed by atoms with Crippen molar-refractivity contribution in [3.8, 4) is 11.5 Å². The van der Waals surface area contributed by atoms with Gasteiger partial charge in [0.05, 0.1) is 16.3 Å². The first-order valence-electron chi connectivity index (χ1n) is 5.71. The van der Waals surface area contributed by atoms with Crippen molar-refractivity contribution in [1.29, 1.82) is 0 Å². The number of hydrogen-bond donors (Lipinski definition) is 1. The zero-order valence-corrected chi connectivity index (χ0v) is 11.2. The van der Waals surface area contributed by atoms with Crippen molar-refractivity contribution in [2.24, 2.45) is 0 Å². The Bertz CT molecular complexity index is 612. The molecule has 0 fully saturated rings. The van der Waals surface area contributed by atoms with E-state index in [0.717, 1.165) is 0 Å². The highest BCUT2D eigenvalue weighted by Crippen LogP contribution is 2.21. The van der Waals surface area contributed by atoms with Crippen molar-refractivity contribution in [1.82, 2.24) is 15.0 Å². The van der Waals surface area contributed by atoms with Gasteiger partial charge in [-0.05, 0) is 18.1 Å². The molecule has 0 unspecified atom stereocenters. The van der Waals surface area contributed by atoms with E-state index in [9.17, 15) is 4.79 Å². The van der Waals surface area contributed by atoms with Gasteiger partial charge < -0.3 is 5.11 Å². The third-order valence-electron chi connectivity index (χ3n) is 2.55. The molecular weight excluding hydrogens is 266 g/mol. The molecule has 0 bridgehead atoms. The van der Waals surface area contributed by atoms with Crippen molar-refractivity contribution < 1.29 is 9.90 Å². The topological polar surface area (TPSA) is 76.0 Å². The summed E-state index contributed by atoms with van der Waals surface area (Å²) >= 11 is 5.77. The molecule has 0 spiro atoms. The second-order valence-corrected chi connectivity index (χ2v) is 4.75. The summed E-state index contributed by atoms with van der Waals surface area (Å²) in [5.74, 6) is -0.648. The monoisotopic (exact) mass is 277 g/mol. The summed E-state index contributed by atoms with van der Waals surface area (Å²) in [5.41, 5.74) is 1.17. The number of carboxylic acids is 1. The smallest absolute Gasteiger partial charge is 0.339 e. The molecule has 2 rings (SSSR count). The fraction of sp³-hybridized carbons (Fsp3) is 0.231. The van der Waals surface area contributed by atoms with Gasteiger partial charge in [-0.15, -0.1) is 0 Å². The first-order chi connectivity index (χ1) is 8.99. The molecular formula is C13H12ClN3O2. The lowest BCUT2D eigenvalue weighted by molar-refractivity contribution is 0.0694. The summed E-state index contributed by atoms with van der Waals surface area (Å²) in [7, 11) is 0. The summed E-state index contributed by atoms with van der Waals surface area (Å²) in [4.78, 5) is 23.6. The summed E-state index contributed by atoms with van der Waals surface area (Å²) < 4.78 is 0. The Kier molecular flexibility index (Phi) is 3.76. The van der Waals surface area contributed by atoms with Crippen molar-refractivity contribution in [2.45, 2.75) is 19.8 Å². The maximum Gasteiger partial charge on any atom is 0.339 e. The minimum atomic E-state index is -1.03. The lowest BCUT2D eigenvalue weighted by Gasteiger charge is -2.09. The van der Waals surface area contributed by atoms with Gasteiger partial charge in [0.25, 0.3) is 0 Å². The van der Waals surface area contributed by atoms with E-state index < -0.39 is 5.97 Å². The van der Waals surface area contributed by atoms with Gasteiger partial charge in [-0.3, -0.25) is 4.98 Å². The summed E-state index contributed by atoms with van der Waals surface area (Å²) in [6, 6.07) is 3.38. The molecule has 0 atom stereocenters. The minimum Gasteiger partial charge on any atom is -0.478 e. The predicted octanol–water partition coefficient (Wildman–Crippen LogP) is 3.01. The molecule has 2 heterocycles. The van der Waals surface area contributed by atoms with E-state index in [-0.39, 0.29) is 11.5 Å². The van der Waals surface area contributed by atoms with Gasteiger partial charge in [0, 0.05) is 12.4 Å². The van der Waals surface area contributed by atoms with Crippen LogP contribution >= 0.6 is 11.6 Å². The molecule has 0 aliphatic carbocycles. The van der Waals surface area contributed by atoms with Crippen LogP contribution in [0.3, 0.4) is 0 Å². The molecule has 0 aliphatic heterocycles.